The average Bonchev–Trinajstić information content (AvgIpc) is 2.20. The quantitative estimate of drug-likeness (QED) is 0.643. The molecule has 76 valence electrons. The van der Waals surface area contributed by atoms with Crippen LogP contribution >= 0.6 is 38.5 Å². The summed E-state index contributed by atoms with van der Waals surface area (Å²) in [5.41, 5.74) is 0.841. The molecule has 1 atom stereocenters. The fourth-order valence-corrected chi connectivity index (χ4v) is 1.41. The van der Waals surface area contributed by atoms with Crippen LogP contribution < -0.4 is 5.32 Å². The number of carbonyl (C=O) groups is 1. The van der Waals surface area contributed by atoms with E-state index in [1.165, 1.54) is 0 Å². The van der Waals surface area contributed by atoms with Gasteiger partial charge >= 0.3 is 0 Å². The molecule has 4 heteroatoms. The minimum atomic E-state index is -0.109. The molecule has 0 aliphatic rings. The predicted molar refractivity (Wildman–Crippen MR) is 70.8 cm³/mol. The van der Waals surface area contributed by atoms with Crippen LogP contribution in [0.1, 0.15) is 13.3 Å². The number of rotatable bonds is 3. The normalized spacial score (nSPS) is 12.2. The van der Waals surface area contributed by atoms with Gasteiger partial charge in [0.2, 0.25) is 5.91 Å². The van der Waals surface area contributed by atoms with Crippen molar-refractivity contribution in [3.8, 4) is 0 Å². The highest BCUT2D eigenvalue weighted by molar-refractivity contribution is 14.1. The lowest BCUT2D eigenvalue weighted by atomic mass is 10.3. The van der Waals surface area contributed by atoms with E-state index in [2.05, 4.69) is 43.8 Å². The summed E-state index contributed by atoms with van der Waals surface area (Å²) in [6.07, 6.45) is 0.788. The van der Waals surface area contributed by atoms with Gasteiger partial charge in [0.1, 0.15) is 0 Å². The van der Waals surface area contributed by atoms with Crippen molar-refractivity contribution in [1.82, 2.24) is 0 Å². The zero-order valence-corrected chi connectivity index (χ0v) is 11.5. The van der Waals surface area contributed by atoms with E-state index < -0.39 is 0 Å². The van der Waals surface area contributed by atoms with Gasteiger partial charge in [-0.15, -0.1) is 0 Å². The number of alkyl halides is 1. The zero-order valence-electron chi connectivity index (χ0n) is 7.76. The molecule has 1 aromatic carbocycles. The largest absolute Gasteiger partial charge is 0.325 e. The van der Waals surface area contributed by atoms with E-state index in [1.54, 1.807) is 0 Å². The molecule has 0 heterocycles. The monoisotopic (exact) mass is 367 g/mol. The SMILES string of the molecule is CC[C@H](Br)C(=O)Nc1ccc(I)cc1. The van der Waals surface area contributed by atoms with Crippen LogP contribution in [-0.2, 0) is 4.79 Å². The van der Waals surface area contributed by atoms with Crippen molar-refractivity contribution in [2.75, 3.05) is 5.32 Å². The Hall–Kier alpha value is -0.100. The summed E-state index contributed by atoms with van der Waals surface area (Å²) in [5.74, 6) is 0.00806. The number of hydrogen-bond acceptors (Lipinski definition) is 1. The number of halogens is 2. The number of carbonyl (C=O) groups excluding carboxylic acids is 1. The summed E-state index contributed by atoms with van der Waals surface area (Å²) in [6, 6.07) is 7.72. The second-order valence-corrected chi connectivity index (χ2v) is 5.22. The van der Waals surface area contributed by atoms with Crippen LogP contribution in [0, 0.1) is 3.57 Å². The van der Waals surface area contributed by atoms with Gasteiger partial charge in [0.05, 0.1) is 4.83 Å². The Kier molecular flexibility index (Phi) is 4.88. The van der Waals surface area contributed by atoms with E-state index in [-0.39, 0.29) is 10.7 Å². The molecule has 2 nitrogen and oxygen atoms in total. The first-order valence-electron chi connectivity index (χ1n) is 4.34. The smallest absolute Gasteiger partial charge is 0.238 e. The molecule has 14 heavy (non-hydrogen) atoms. The highest BCUT2D eigenvalue weighted by atomic mass is 127. The average molecular weight is 368 g/mol. The Morgan fingerprint density at radius 3 is 2.57 bits per heavy atom. The molecule has 1 rings (SSSR count). The maximum Gasteiger partial charge on any atom is 0.238 e. The molecule has 0 fully saturated rings. The van der Waals surface area contributed by atoms with Gasteiger partial charge in [0.25, 0.3) is 0 Å². The summed E-state index contributed by atoms with van der Waals surface area (Å²) < 4.78 is 1.16. The minimum Gasteiger partial charge on any atom is -0.325 e. The summed E-state index contributed by atoms with van der Waals surface area (Å²) in [5, 5.41) is 2.83. The fourth-order valence-electron chi connectivity index (χ4n) is 0.939. The Balaban J connectivity index is 2.60. The lowest BCUT2D eigenvalue weighted by molar-refractivity contribution is -0.115. The lowest BCUT2D eigenvalue weighted by Crippen LogP contribution is -2.21. The first-order chi connectivity index (χ1) is 6.63. The van der Waals surface area contributed by atoms with E-state index in [0.29, 0.717) is 0 Å². The molecule has 0 radical (unpaired) electrons. The van der Waals surface area contributed by atoms with Gasteiger partial charge in [-0.3, -0.25) is 4.79 Å². The van der Waals surface area contributed by atoms with Crippen LogP contribution in [0.3, 0.4) is 0 Å². The number of anilines is 1. The van der Waals surface area contributed by atoms with Crippen molar-refractivity contribution >= 4 is 50.1 Å². The molecule has 0 saturated heterocycles. The van der Waals surface area contributed by atoms with Crippen molar-refractivity contribution < 1.29 is 4.79 Å². The van der Waals surface area contributed by atoms with Crippen molar-refractivity contribution in [2.24, 2.45) is 0 Å². The maximum absolute atomic E-state index is 11.5. The van der Waals surface area contributed by atoms with E-state index in [0.717, 1.165) is 15.7 Å². The third-order valence-electron chi connectivity index (χ3n) is 1.75. The predicted octanol–water partition coefficient (Wildman–Crippen LogP) is 3.40. The Labute approximate surface area is 106 Å². The fraction of sp³-hybridized carbons (Fsp3) is 0.300. The Morgan fingerprint density at radius 2 is 2.07 bits per heavy atom. The van der Waals surface area contributed by atoms with E-state index in [1.807, 2.05) is 31.2 Å². The summed E-state index contributed by atoms with van der Waals surface area (Å²) in [7, 11) is 0. The Morgan fingerprint density at radius 1 is 1.50 bits per heavy atom. The first kappa shape index (κ1) is 12.0. The first-order valence-corrected chi connectivity index (χ1v) is 6.33. The van der Waals surface area contributed by atoms with Crippen molar-refractivity contribution in [3.63, 3.8) is 0 Å². The van der Waals surface area contributed by atoms with Crippen LogP contribution in [0.4, 0.5) is 5.69 Å². The van der Waals surface area contributed by atoms with E-state index in [9.17, 15) is 4.79 Å². The second-order valence-electron chi connectivity index (χ2n) is 2.87. The number of hydrogen-bond donors (Lipinski definition) is 1. The van der Waals surface area contributed by atoms with Crippen LogP contribution in [0.15, 0.2) is 24.3 Å². The summed E-state index contributed by atoms with van der Waals surface area (Å²) in [4.78, 5) is 11.4. The van der Waals surface area contributed by atoms with Crippen LogP contribution in [-0.4, -0.2) is 10.7 Å². The summed E-state index contributed by atoms with van der Waals surface area (Å²) >= 11 is 5.53. The third kappa shape index (κ3) is 3.57. The zero-order chi connectivity index (χ0) is 10.6. The van der Waals surface area contributed by atoms with E-state index in [4.69, 9.17) is 0 Å². The van der Waals surface area contributed by atoms with Crippen LogP contribution in [0.2, 0.25) is 0 Å². The minimum absolute atomic E-state index is 0.00806. The van der Waals surface area contributed by atoms with Gasteiger partial charge in [0, 0.05) is 9.26 Å². The molecular weight excluding hydrogens is 357 g/mol. The molecular formula is C10H11BrINO. The van der Waals surface area contributed by atoms with Crippen LogP contribution in [0.25, 0.3) is 0 Å². The molecule has 0 saturated carbocycles. The van der Waals surface area contributed by atoms with Gasteiger partial charge in [-0.2, -0.15) is 0 Å². The van der Waals surface area contributed by atoms with Gasteiger partial charge in [0.15, 0.2) is 0 Å². The van der Waals surface area contributed by atoms with E-state index >= 15 is 0 Å². The molecule has 0 unspecified atom stereocenters. The van der Waals surface area contributed by atoms with Gasteiger partial charge < -0.3 is 5.32 Å². The number of nitrogens with one attached hydrogen (secondary N) is 1. The highest BCUT2D eigenvalue weighted by Crippen LogP contribution is 2.13. The van der Waals surface area contributed by atoms with Crippen molar-refractivity contribution in [2.45, 2.75) is 18.2 Å². The van der Waals surface area contributed by atoms with Crippen LogP contribution in [0.5, 0.6) is 0 Å². The second kappa shape index (κ2) is 5.70. The highest BCUT2D eigenvalue weighted by Gasteiger charge is 2.11. The van der Waals surface area contributed by atoms with Crippen molar-refractivity contribution in [1.29, 1.82) is 0 Å². The van der Waals surface area contributed by atoms with Gasteiger partial charge in [-0.05, 0) is 53.3 Å². The molecule has 1 aromatic rings. The topological polar surface area (TPSA) is 29.1 Å². The molecule has 0 aliphatic carbocycles. The molecule has 0 bridgehead atoms. The summed E-state index contributed by atoms with van der Waals surface area (Å²) in [6.45, 7) is 1.97. The molecule has 1 amide bonds. The third-order valence-corrected chi connectivity index (χ3v) is 3.54. The maximum atomic E-state index is 11.5. The Bertz CT molecular complexity index is 312. The molecule has 0 aromatic heterocycles. The standard InChI is InChI=1S/C10H11BrINO/c1-2-9(11)10(14)13-8-5-3-7(12)4-6-8/h3-6,9H,2H2,1H3,(H,13,14)/t9-/m0/s1. The molecule has 1 N–H and O–H groups in total. The van der Waals surface area contributed by atoms with Crippen molar-refractivity contribution in [3.05, 3.63) is 27.8 Å². The van der Waals surface area contributed by atoms with Gasteiger partial charge in [-0.25, -0.2) is 0 Å². The van der Waals surface area contributed by atoms with Gasteiger partial charge in [-0.1, -0.05) is 22.9 Å². The number of amides is 1. The lowest BCUT2D eigenvalue weighted by Gasteiger charge is -2.08. The molecule has 0 spiro atoms. The molecule has 0 aliphatic heterocycles. The number of benzene rings is 1.